The number of aryl methyl sites for hydroxylation is 1. The maximum Gasteiger partial charge on any atom is 0.326 e. The Hall–Kier alpha value is -1.50. The number of nitrogens with one attached hydrogen (secondary N) is 2. The lowest BCUT2D eigenvalue weighted by Gasteiger charge is -2.16. The number of aliphatic hydroxyl groups is 1. The third-order valence-electron chi connectivity index (χ3n) is 2.54. The second-order valence-corrected chi connectivity index (χ2v) is 4.84. The van der Waals surface area contributed by atoms with Gasteiger partial charge in [0.15, 0.2) is 0 Å². The number of anilines is 1. The molecule has 1 atom stereocenters. The molecule has 1 aromatic carbocycles. The van der Waals surface area contributed by atoms with Gasteiger partial charge in [-0.15, -0.1) is 0 Å². The van der Waals surface area contributed by atoms with E-state index in [2.05, 4.69) is 10.6 Å². The van der Waals surface area contributed by atoms with Crippen molar-refractivity contribution in [3.63, 3.8) is 0 Å². The van der Waals surface area contributed by atoms with E-state index in [9.17, 15) is 9.59 Å². The predicted octanol–water partition coefficient (Wildman–Crippen LogP) is 2.26. The third kappa shape index (κ3) is 4.26. The lowest BCUT2D eigenvalue weighted by atomic mass is 10.2. The summed E-state index contributed by atoms with van der Waals surface area (Å²) < 4.78 is 0. The van der Waals surface area contributed by atoms with Gasteiger partial charge in [-0.3, -0.25) is 0 Å². The lowest BCUT2D eigenvalue weighted by molar-refractivity contribution is -0.139. The van der Waals surface area contributed by atoms with Crippen LogP contribution in [0.2, 0.25) is 10.0 Å². The lowest BCUT2D eigenvalue weighted by Crippen LogP contribution is -2.43. The van der Waals surface area contributed by atoms with Crippen molar-refractivity contribution >= 4 is 40.9 Å². The highest BCUT2D eigenvalue weighted by molar-refractivity contribution is 6.40. The molecule has 0 fully saturated rings. The highest BCUT2D eigenvalue weighted by atomic mass is 35.5. The first-order valence-corrected chi connectivity index (χ1v) is 6.48. The molecule has 0 radical (unpaired) electrons. The van der Waals surface area contributed by atoms with Crippen LogP contribution in [0.15, 0.2) is 12.1 Å². The molecule has 0 unspecified atom stereocenters. The van der Waals surface area contributed by atoms with E-state index >= 15 is 0 Å². The largest absolute Gasteiger partial charge is 0.480 e. The summed E-state index contributed by atoms with van der Waals surface area (Å²) in [5.74, 6) is -1.24. The average molecular weight is 321 g/mol. The molecule has 0 heterocycles. The van der Waals surface area contributed by atoms with Crippen molar-refractivity contribution in [3.8, 4) is 0 Å². The Kier molecular flexibility index (Phi) is 6.06. The van der Waals surface area contributed by atoms with Gasteiger partial charge in [-0.1, -0.05) is 29.3 Å². The van der Waals surface area contributed by atoms with Crippen LogP contribution >= 0.6 is 23.2 Å². The minimum atomic E-state index is -1.24. The Morgan fingerprint density at radius 1 is 1.35 bits per heavy atom. The highest BCUT2D eigenvalue weighted by Crippen LogP contribution is 2.32. The molecule has 0 aromatic heterocycles. The molecule has 110 valence electrons. The molecule has 8 heteroatoms. The third-order valence-corrected chi connectivity index (χ3v) is 3.35. The quantitative estimate of drug-likeness (QED) is 0.668. The van der Waals surface area contributed by atoms with E-state index in [4.69, 9.17) is 33.4 Å². The van der Waals surface area contributed by atoms with Gasteiger partial charge in [0.05, 0.1) is 15.7 Å². The number of rotatable bonds is 5. The molecule has 0 bridgehead atoms. The van der Waals surface area contributed by atoms with E-state index in [1.807, 2.05) is 0 Å². The minimum Gasteiger partial charge on any atom is -0.480 e. The zero-order chi connectivity index (χ0) is 15.3. The van der Waals surface area contributed by atoms with E-state index in [-0.39, 0.29) is 28.8 Å². The summed E-state index contributed by atoms with van der Waals surface area (Å²) in [6.45, 7) is 1.39. The van der Waals surface area contributed by atoms with Gasteiger partial charge in [0, 0.05) is 13.0 Å². The fraction of sp³-hybridized carbons (Fsp3) is 0.333. The number of carbonyl (C=O) groups is 2. The summed E-state index contributed by atoms with van der Waals surface area (Å²) in [6.07, 6.45) is -0.0992. The first-order valence-electron chi connectivity index (χ1n) is 5.72. The molecule has 20 heavy (non-hydrogen) atoms. The number of hydrogen-bond acceptors (Lipinski definition) is 3. The first kappa shape index (κ1) is 16.6. The molecule has 2 amide bonds. The number of carboxylic acids is 1. The first-order chi connectivity index (χ1) is 9.36. The Bertz CT molecular complexity index is 522. The van der Waals surface area contributed by atoms with Crippen LogP contribution in [0.3, 0.4) is 0 Å². The van der Waals surface area contributed by atoms with Crippen LogP contribution in [0.4, 0.5) is 10.5 Å². The van der Waals surface area contributed by atoms with E-state index in [0.29, 0.717) is 0 Å². The number of urea groups is 1. The van der Waals surface area contributed by atoms with Crippen LogP contribution in [0.25, 0.3) is 0 Å². The second kappa shape index (κ2) is 7.33. The Labute approximate surface area is 125 Å². The predicted molar refractivity (Wildman–Crippen MR) is 76.5 cm³/mol. The number of hydrogen-bond donors (Lipinski definition) is 4. The number of carbonyl (C=O) groups excluding carboxylic acids is 1. The van der Waals surface area contributed by atoms with Crippen molar-refractivity contribution in [1.82, 2.24) is 5.32 Å². The van der Waals surface area contributed by atoms with Crippen LogP contribution in [0, 0.1) is 6.92 Å². The van der Waals surface area contributed by atoms with Gasteiger partial charge in [-0.05, 0) is 18.6 Å². The van der Waals surface area contributed by atoms with E-state index < -0.39 is 18.0 Å². The van der Waals surface area contributed by atoms with Crippen LogP contribution in [-0.4, -0.2) is 34.9 Å². The van der Waals surface area contributed by atoms with Gasteiger partial charge in [0.25, 0.3) is 0 Å². The van der Waals surface area contributed by atoms with Crippen LogP contribution < -0.4 is 10.6 Å². The SMILES string of the molecule is Cc1ccc(Cl)c(NC(=O)N[C@@H](CCO)C(=O)O)c1Cl. The summed E-state index contributed by atoms with van der Waals surface area (Å²) >= 11 is 11.9. The molecule has 0 aliphatic rings. The summed E-state index contributed by atoms with van der Waals surface area (Å²) in [4.78, 5) is 22.6. The Morgan fingerprint density at radius 3 is 2.55 bits per heavy atom. The standard InChI is InChI=1S/C12H14Cl2N2O4/c1-6-2-3-7(13)10(9(6)14)16-12(20)15-8(4-5-17)11(18)19/h2-3,8,17H,4-5H2,1H3,(H,18,19)(H2,15,16,20)/t8-/m0/s1. The topological polar surface area (TPSA) is 98.7 Å². The molecular weight excluding hydrogens is 307 g/mol. The minimum absolute atomic E-state index is 0.0992. The van der Waals surface area contributed by atoms with Crippen molar-refractivity contribution < 1.29 is 19.8 Å². The molecule has 0 spiro atoms. The number of halogens is 2. The summed E-state index contributed by atoms with van der Waals surface area (Å²) in [5.41, 5.74) is 0.926. The van der Waals surface area contributed by atoms with E-state index in [1.165, 1.54) is 0 Å². The number of aliphatic hydroxyl groups excluding tert-OH is 1. The van der Waals surface area contributed by atoms with Gasteiger partial charge in [-0.25, -0.2) is 9.59 Å². The number of amides is 2. The van der Waals surface area contributed by atoms with Crippen molar-refractivity contribution in [3.05, 3.63) is 27.7 Å². The Balaban J connectivity index is 2.81. The van der Waals surface area contributed by atoms with Gasteiger partial charge < -0.3 is 20.8 Å². The molecule has 0 saturated carbocycles. The molecule has 0 aliphatic heterocycles. The monoisotopic (exact) mass is 320 g/mol. The van der Waals surface area contributed by atoms with Crippen LogP contribution in [0.1, 0.15) is 12.0 Å². The smallest absolute Gasteiger partial charge is 0.326 e. The highest BCUT2D eigenvalue weighted by Gasteiger charge is 2.20. The molecule has 0 saturated heterocycles. The summed E-state index contributed by atoms with van der Waals surface area (Å²) in [5, 5.41) is 22.7. The molecule has 0 aliphatic carbocycles. The fourth-order valence-electron chi connectivity index (χ4n) is 1.47. The second-order valence-electron chi connectivity index (χ2n) is 4.05. The molecule has 6 nitrogen and oxygen atoms in total. The van der Waals surface area contributed by atoms with Crippen molar-refractivity contribution in [2.75, 3.05) is 11.9 Å². The van der Waals surface area contributed by atoms with Gasteiger partial charge in [0.1, 0.15) is 6.04 Å². The van der Waals surface area contributed by atoms with E-state index in [0.717, 1.165) is 5.56 Å². The Morgan fingerprint density at radius 2 is 2.00 bits per heavy atom. The average Bonchev–Trinajstić information content (AvgIpc) is 2.38. The fourth-order valence-corrected chi connectivity index (χ4v) is 1.93. The zero-order valence-corrected chi connectivity index (χ0v) is 12.1. The maximum atomic E-state index is 11.7. The van der Waals surface area contributed by atoms with Crippen molar-refractivity contribution in [2.45, 2.75) is 19.4 Å². The molecule has 1 rings (SSSR count). The van der Waals surface area contributed by atoms with Gasteiger partial charge in [-0.2, -0.15) is 0 Å². The molecule has 4 N–H and O–H groups in total. The zero-order valence-electron chi connectivity index (χ0n) is 10.6. The van der Waals surface area contributed by atoms with Crippen molar-refractivity contribution in [1.29, 1.82) is 0 Å². The van der Waals surface area contributed by atoms with E-state index in [1.54, 1.807) is 19.1 Å². The van der Waals surface area contributed by atoms with Crippen LogP contribution in [0.5, 0.6) is 0 Å². The van der Waals surface area contributed by atoms with Gasteiger partial charge >= 0.3 is 12.0 Å². The van der Waals surface area contributed by atoms with Crippen LogP contribution in [-0.2, 0) is 4.79 Å². The van der Waals surface area contributed by atoms with Gasteiger partial charge in [0.2, 0.25) is 0 Å². The molecular formula is C12H14Cl2N2O4. The van der Waals surface area contributed by atoms with Crippen molar-refractivity contribution in [2.24, 2.45) is 0 Å². The summed E-state index contributed by atoms with van der Waals surface area (Å²) in [7, 11) is 0. The normalized spacial score (nSPS) is 11.8. The maximum absolute atomic E-state index is 11.7. The number of carboxylic acid groups (broad SMARTS) is 1. The molecule has 1 aromatic rings. The number of aliphatic carboxylic acids is 1. The summed E-state index contributed by atoms with van der Waals surface area (Å²) in [6, 6.07) is 1.31. The number of benzene rings is 1.